The van der Waals surface area contributed by atoms with Crippen molar-refractivity contribution in [1.29, 1.82) is 0 Å². The molecule has 1 aliphatic rings. The fraction of sp³-hybridized carbons (Fsp3) is 0.167. The second-order valence-electron chi connectivity index (χ2n) is 6.23. The molecule has 0 atom stereocenters. The fourth-order valence-electron chi connectivity index (χ4n) is 3.48. The third-order valence-electron chi connectivity index (χ3n) is 4.60. The average Bonchev–Trinajstić information content (AvgIpc) is 2.59. The van der Waals surface area contributed by atoms with Crippen LogP contribution in [-0.2, 0) is 6.42 Å². The standard InChI is InChI=1S/C24H18/c1-3-5-17-7-9-19-13-24-16-22-12-18(6-4-2)8-10-20(22)14-23(24)15-21(19)11-17/h7,9,11-16H,8,10H2,1-2H3. The lowest BCUT2D eigenvalue weighted by Crippen LogP contribution is -1.98. The second-order valence-corrected chi connectivity index (χ2v) is 6.23. The molecule has 0 N–H and O–H groups in total. The quantitative estimate of drug-likeness (QED) is 0.368. The van der Waals surface area contributed by atoms with E-state index in [1.165, 1.54) is 38.2 Å². The molecule has 1 aliphatic carbocycles. The molecule has 3 aromatic rings. The van der Waals surface area contributed by atoms with Crippen molar-refractivity contribution >= 4 is 27.6 Å². The van der Waals surface area contributed by atoms with Crippen LogP contribution >= 0.6 is 0 Å². The van der Waals surface area contributed by atoms with Gasteiger partial charge in [-0.15, -0.1) is 11.8 Å². The Bertz CT molecular complexity index is 1120. The molecule has 24 heavy (non-hydrogen) atoms. The molecule has 0 aromatic heterocycles. The van der Waals surface area contributed by atoms with Gasteiger partial charge in [-0.2, -0.15) is 0 Å². The second kappa shape index (κ2) is 5.92. The van der Waals surface area contributed by atoms with Crippen LogP contribution in [0.3, 0.4) is 0 Å². The van der Waals surface area contributed by atoms with Crippen LogP contribution in [0.15, 0.2) is 48.0 Å². The molecule has 0 radical (unpaired) electrons. The summed E-state index contributed by atoms with van der Waals surface area (Å²) in [6.45, 7) is 3.78. The van der Waals surface area contributed by atoms with E-state index >= 15 is 0 Å². The highest BCUT2D eigenvalue weighted by Crippen LogP contribution is 2.31. The fourth-order valence-corrected chi connectivity index (χ4v) is 3.48. The highest BCUT2D eigenvalue weighted by atomic mass is 14.1. The summed E-state index contributed by atoms with van der Waals surface area (Å²) in [5, 5.41) is 5.11. The van der Waals surface area contributed by atoms with E-state index in [0.717, 1.165) is 18.4 Å². The molecule has 0 bridgehead atoms. The lowest BCUT2D eigenvalue weighted by Gasteiger charge is -2.15. The molecule has 4 rings (SSSR count). The van der Waals surface area contributed by atoms with Gasteiger partial charge in [0, 0.05) is 11.1 Å². The summed E-state index contributed by atoms with van der Waals surface area (Å²) in [6, 6.07) is 15.7. The first kappa shape index (κ1) is 14.6. The van der Waals surface area contributed by atoms with Gasteiger partial charge < -0.3 is 0 Å². The number of aryl methyl sites for hydroxylation is 1. The van der Waals surface area contributed by atoms with E-state index in [-0.39, 0.29) is 0 Å². The van der Waals surface area contributed by atoms with Crippen molar-refractivity contribution in [2.24, 2.45) is 0 Å². The van der Waals surface area contributed by atoms with Crippen molar-refractivity contribution < 1.29 is 0 Å². The zero-order valence-corrected chi connectivity index (χ0v) is 14.0. The first-order valence-electron chi connectivity index (χ1n) is 8.33. The minimum absolute atomic E-state index is 1.04. The van der Waals surface area contributed by atoms with Crippen molar-refractivity contribution in [2.45, 2.75) is 26.7 Å². The largest absolute Gasteiger partial charge is 0.102 e. The van der Waals surface area contributed by atoms with Crippen molar-refractivity contribution in [3.63, 3.8) is 0 Å². The lowest BCUT2D eigenvalue weighted by molar-refractivity contribution is 0.960. The van der Waals surface area contributed by atoms with Crippen LogP contribution in [0.5, 0.6) is 0 Å². The van der Waals surface area contributed by atoms with Crippen LogP contribution < -0.4 is 0 Å². The number of rotatable bonds is 0. The Labute approximate surface area is 143 Å². The summed E-state index contributed by atoms with van der Waals surface area (Å²) in [4.78, 5) is 0. The van der Waals surface area contributed by atoms with E-state index in [1.807, 2.05) is 13.8 Å². The predicted octanol–water partition coefficient (Wildman–Crippen LogP) is 5.72. The maximum Gasteiger partial charge on any atom is 0.0251 e. The van der Waals surface area contributed by atoms with Gasteiger partial charge in [0.2, 0.25) is 0 Å². The van der Waals surface area contributed by atoms with Gasteiger partial charge >= 0.3 is 0 Å². The zero-order valence-electron chi connectivity index (χ0n) is 14.0. The third kappa shape index (κ3) is 2.58. The average molecular weight is 306 g/mol. The molecule has 0 unspecified atom stereocenters. The van der Waals surface area contributed by atoms with E-state index in [4.69, 9.17) is 0 Å². The number of benzene rings is 3. The van der Waals surface area contributed by atoms with Gasteiger partial charge in [-0.05, 0) is 95.8 Å². The van der Waals surface area contributed by atoms with Gasteiger partial charge in [-0.25, -0.2) is 0 Å². The number of hydrogen-bond acceptors (Lipinski definition) is 0. The molecular weight excluding hydrogens is 288 g/mol. The first-order chi connectivity index (χ1) is 11.8. The predicted molar refractivity (Wildman–Crippen MR) is 104 cm³/mol. The number of allylic oxidation sites excluding steroid dienone is 1. The van der Waals surface area contributed by atoms with E-state index in [9.17, 15) is 0 Å². The van der Waals surface area contributed by atoms with Gasteiger partial charge in [0.15, 0.2) is 0 Å². The maximum atomic E-state index is 3.22. The van der Waals surface area contributed by atoms with Gasteiger partial charge in [0.05, 0.1) is 0 Å². The molecule has 0 spiro atoms. The highest BCUT2D eigenvalue weighted by Gasteiger charge is 2.11. The molecule has 0 heterocycles. The molecular formula is C24H18. The summed E-state index contributed by atoms with van der Waals surface area (Å²) in [5.74, 6) is 12.4. The van der Waals surface area contributed by atoms with Crippen LogP contribution in [0, 0.1) is 23.7 Å². The van der Waals surface area contributed by atoms with Crippen LogP contribution in [-0.4, -0.2) is 0 Å². The van der Waals surface area contributed by atoms with Crippen LogP contribution in [0.1, 0.15) is 37.0 Å². The Kier molecular flexibility index (Phi) is 3.60. The van der Waals surface area contributed by atoms with Crippen molar-refractivity contribution in [3.05, 3.63) is 64.7 Å². The zero-order chi connectivity index (χ0) is 16.5. The lowest BCUT2D eigenvalue weighted by atomic mass is 9.89. The van der Waals surface area contributed by atoms with Gasteiger partial charge in [0.25, 0.3) is 0 Å². The van der Waals surface area contributed by atoms with E-state index < -0.39 is 0 Å². The van der Waals surface area contributed by atoms with Gasteiger partial charge in [-0.1, -0.05) is 24.0 Å². The van der Waals surface area contributed by atoms with Crippen LogP contribution in [0.25, 0.3) is 27.6 Å². The number of hydrogen-bond donors (Lipinski definition) is 0. The topological polar surface area (TPSA) is 0 Å². The molecule has 0 saturated carbocycles. The molecule has 0 saturated heterocycles. The first-order valence-corrected chi connectivity index (χ1v) is 8.33. The number of fused-ring (bicyclic) bond motifs is 3. The minimum atomic E-state index is 1.04. The molecule has 0 amide bonds. The SMILES string of the molecule is CC#CC1=Cc2cc3cc4ccc(C#CC)cc4cc3cc2CC1. The maximum absolute atomic E-state index is 3.22. The Hall–Kier alpha value is -2.96. The summed E-state index contributed by atoms with van der Waals surface area (Å²) in [5.41, 5.74) is 5.06. The smallest absolute Gasteiger partial charge is 0.0251 e. The highest BCUT2D eigenvalue weighted by molar-refractivity contribution is 6.00. The van der Waals surface area contributed by atoms with Crippen LogP contribution in [0.2, 0.25) is 0 Å². The van der Waals surface area contributed by atoms with E-state index in [2.05, 4.69) is 72.2 Å². The molecule has 114 valence electrons. The van der Waals surface area contributed by atoms with Gasteiger partial charge in [-0.3, -0.25) is 0 Å². The van der Waals surface area contributed by atoms with E-state index in [1.54, 1.807) is 0 Å². The molecule has 0 fully saturated rings. The minimum Gasteiger partial charge on any atom is -0.102 e. The third-order valence-corrected chi connectivity index (χ3v) is 4.60. The monoisotopic (exact) mass is 306 g/mol. The normalized spacial score (nSPS) is 12.7. The molecule has 0 aliphatic heterocycles. The van der Waals surface area contributed by atoms with Crippen molar-refractivity contribution in [2.75, 3.05) is 0 Å². The summed E-state index contributed by atoms with van der Waals surface area (Å²) in [6.07, 6.45) is 4.37. The van der Waals surface area contributed by atoms with Crippen molar-refractivity contribution in [3.8, 4) is 23.7 Å². The summed E-state index contributed by atoms with van der Waals surface area (Å²) >= 11 is 0. The van der Waals surface area contributed by atoms with E-state index in [0.29, 0.717) is 0 Å². The Morgan fingerprint density at radius 1 is 0.708 bits per heavy atom. The van der Waals surface area contributed by atoms with Crippen LogP contribution in [0.4, 0.5) is 0 Å². The summed E-state index contributed by atoms with van der Waals surface area (Å²) in [7, 11) is 0. The summed E-state index contributed by atoms with van der Waals surface area (Å²) < 4.78 is 0. The molecule has 0 heteroatoms. The molecule has 3 aromatic carbocycles. The van der Waals surface area contributed by atoms with Crippen molar-refractivity contribution in [1.82, 2.24) is 0 Å². The Morgan fingerprint density at radius 2 is 1.46 bits per heavy atom. The molecule has 0 nitrogen and oxygen atoms in total. The Balaban J connectivity index is 1.91. The van der Waals surface area contributed by atoms with Gasteiger partial charge in [0.1, 0.15) is 0 Å². The Morgan fingerprint density at radius 3 is 2.29 bits per heavy atom.